The summed E-state index contributed by atoms with van der Waals surface area (Å²) in [6, 6.07) is 0. The zero-order valence-corrected chi connectivity index (χ0v) is 18.0. The minimum absolute atomic E-state index is 0.222. The molecule has 11 heteroatoms. The van der Waals surface area contributed by atoms with E-state index in [-0.39, 0.29) is 22.2 Å². The molecular weight excluding hydrogens is 376 g/mol. The Morgan fingerprint density at radius 1 is 0.808 bits per heavy atom. The van der Waals surface area contributed by atoms with Crippen LogP contribution in [0.5, 0.6) is 0 Å². The zero-order chi connectivity index (χ0) is 19.8. The van der Waals surface area contributed by atoms with Crippen LogP contribution in [0.25, 0.3) is 0 Å². The van der Waals surface area contributed by atoms with Crippen LogP contribution >= 0.6 is 0 Å². The van der Waals surface area contributed by atoms with Crippen LogP contribution in [0.15, 0.2) is 0 Å². The van der Waals surface area contributed by atoms with Crippen LogP contribution in [0, 0.1) is 0 Å². The number of nitrogens with two attached hydrogens (primary N) is 3. The predicted molar refractivity (Wildman–Crippen MR) is 99.3 cm³/mol. The maximum atomic E-state index is 14.0. The first kappa shape index (κ1) is 26.2. The summed E-state index contributed by atoms with van der Waals surface area (Å²) in [6.45, 7) is 8.88. The van der Waals surface area contributed by atoms with E-state index in [0.29, 0.717) is 58.9 Å². The van der Waals surface area contributed by atoms with Gasteiger partial charge in [-0.2, -0.15) is 0 Å². The van der Waals surface area contributed by atoms with Crippen LogP contribution < -0.4 is 33.2 Å². The Morgan fingerprint density at radius 2 is 1.27 bits per heavy atom. The molecule has 0 saturated heterocycles. The van der Waals surface area contributed by atoms with E-state index in [1.54, 1.807) is 0 Å². The molecule has 0 fully saturated rings. The van der Waals surface area contributed by atoms with Gasteiger partial charge >= 0.3 is 159 Å². The minimum atomic E-state index is -5.07. The van der Waals surface area contributed by atoms with Gasteiger partial charge in [0.05, 0.1) is 0 Å². The number of rotatable bonds is 19. The fraction of sp³-hybridized carbons (Fsp3) is 1.00. The Labute approximate surface area is 159 Å². The van der Waals surface area contributed by atoms with Gasteiger partial charge in [0.15, 0.2) is 0 Å². The molecule has 0 aliphatic carbocycles. The molecule has 0 amide bonds. The maximum absolute atomic E-state index is 14.0. The van der Waals surface area contributed by atoms with E-state index < -0.39 is 16.1 Å². The van der Waals surface area contributed by atoms with Gasteiger partial charge < -0.3 is 0 Å². The van der Waals surface area contributed by atoms with Crippen molar-refractivity contribution in [3.63, 3.8) is 0 Å². The number of nitrogens with one attached hydrogen (secondary N) is 3. The summed E-state index contributed by atoms with van der Waals surface area (Å²) < 4.78 is 26.0. The molecule has 0 aliphatic heterocycles. The molecule has 0 spiro atoms. The fourth-order valence-corrected chi connectivity index (χ4v) is 7.02. The monoisotopic (exact) mass is 416 g/mol. The Bertz CT molecular complexity index is 384. The second-order valence-corrected chi connectivity index (χ2v) is 13.1. The van der Waals surface area contributed by atoms with E-state index in [2.05, 4.69) is 16.0 Å². The molecule has 158 valence electrons. The second kappa shape index (κ2) is 15.1. The normalized spacial score (nSPS) is 12.9. The molecule has 0 rings (SSSR count). The van der Waals surface area contributed by atoms with E-state index in [1.165, 1.54) is 0 Å². The van der Waals surface area contributed by atoms with Crippen molar-refractivity contribution >= 4 is 0 Å². The van der Waals surface area contributed by atoms with Crippen molar-refractivity contribution in [2.45, 2.75) is 29.4 Å². The second-order valence-electron chi connectivity index (χ2n) is 6.56. The Balaban J connectivity index is 5.00. The van der Waals surface area contributed by atoms with Crippen molar-refractivity contribution in [3.8, 4) is 0 Å². The van der Waals surface area contributed by atoms with Gasteiger partial charge in [-0.25, -0.2) is 0 Å². The van der Waals surface area contributed by atoms with Crippen LogP contribution in [-0.2, 0) is 31.1 Å². The molecule has 0 unspecified atom stereocenters. The molecule has 0 saturated carbocycles. The van der Waals surface area contributed by atoms with E-state index in [4.69, 9.17) is 28.9 Å². The average molecular weight is 416 g/mol. The molecule has 0 aromatic heterocycles. The average Bonchev–Trinajstić information content (AvgIpc) is 2.62. The molecule has 0 radical (unpaired) electrons. The van der Waals surface area contributed by atoms with Crippen LogP contribution in [0.1, 0.15) is 13.8 Å². The number of hydrogen-bond acceptors (Lipinski definition) is 10. The summed E-state index contributed by atoms with van der Waals surface area (Å²) in [5.74, 6) is 0. The predicted octanol–water partition coefficient (Wildman–Crippen LogP) is -1.29. The third-order valence-electron chi connectivity index (χ3n) is 3.66. The molecular formula is C15H40N6O4Ti. The van der Waals surface area contributed by atoms with Crippen molar-refractivity contribution in [2.75, 3.05) is 65.5 Å². The first-order valence-corrected chi connectivity index (χ1v) is 13.6. The van der Waals surface area contributed by atoms with Crippen LogP contribution in [0.2, 0.25) is 9.45 Å². The Kier molecular flexibility index (Phi) is 15.2. The van der Waals surface area contributed by atoms with Gasteiger partial charge in [-0.15, -0.1) is 0 Å². The van der Waals surface area contributed by atoms with Gasteiger partial charge in [0.25, 0.3) is 0 Å². The summed E-state index contributed by atoms with van der Waals surface area (Å²) in [7, 11) is 0. The molecule has 0 aliphatic rings. The summed E-state index contributed by atoms with van der Waals surface area (Å²) in [5.41, 5.74) is 16.5. The molecule has 0 heterocycles. The van der Waals surface area contributed by atoms with Gasteiger partial charge in [-0.1, -0.05) is 0 Å². The van der Waals surface area contributed by atoms with Crippen molar-refractivity contribution in [1.82, 2.24) is 16.0 Å². The Morgan fingerprint density at radius 3 is 1.69 bits per heavy atom. The van der Waals surface area contributed by atoms with Crippen molar-refractivity contribution < 1.29 is 31.1 Å². The zero-order valence-electron chi connectivity index (χ0n) is 16.4. The molecule has 0 aromatic carbocycles. The van der Waals surface area contributed by atoms with Crippen molar-refractivity contribution in [1.29, 1.82) is 0 Å². The van der Waals surface area contributed by atoms with Crippen LogP contribution in [0.4, 0.5) is 0 Å². The van der Waals surface area contributed by atoms with Crippen molar-refractivity contribution in [3.05, 3.63) is 0 Å². The van der Waals surface area contributed by atoms with Crippen LogP contribution in [0.3, 0.4) is 0 Å². The molecule has 10 nitrogen and oxygen atoms in total. The summed E-state index contributed by atoms with van der Waals surface area (Å²) in [4.78, 5) is 5.30. The standard InChI is InChI=1S/C4H11N2O.2C4H11N2.C3H8O2.O.Ti/c5-1-2-6-3-4-7;2*1-2-6-4-3-5;1-3(2)5-4;;/h6H,1-5H2;2*6H,1-5H2;3-4H,1-2H3;;/q-1;;;;;+2/p-1. The summed E-state index contributed by atoms with van der Waals surface area (Å²) >= 11 is -5.07. The van der Waals surface area contributed by atoms with Crippen molar-refractivity contribution in [2.24, 2.45) is 17.2 Å². The van der Waals surface area contributed by atoms with Gasteiger partial charge in [-0.3, -0.25) is 0 Å². The summed E-state index contributed by atoms with van der Waals surface area (Å²) in [6.07, 6.45) is -0.222. The van der Waals surface area contributed by atoms with E-state index in [1.807, 2.05) is 13.8 Å². The van der Waals surface area contributed by atoms with Gasteiger partial charge in [-0.05, 0) is 0 Å². The quantitative estimate of drug-likeness (QED) is 0.0647. The summed E-state index contributed by atoms with van der Waals surface area (Å²) in [5, 5.41) is 9.42. The number of hydrogen-bond donors (Lipinski definition) is 6. The molecule has 0 aromatic rings. The van der Waals surface area contributed by atoms with Gasteiger partial charge in [0.2, 0.25) is 0 Å². The topological polar surface area (TPSA) is 159 Å². The van der Waals surface area contributed by atoms with E-state index in [9.17, 15) is 3.32 Å². The third kappa shape index (κ3) is 12.5. The SMILES string of the molecule is CC(C)O[O][Ti](=[O])([CH2]CNCCN)([CH2]CNCCN)[O]CCNCCN. The van der Waals surface area contributed by atoms with Gasteiger partial charge in [0, 0.05) is 0 Å². The molecule has 0 bridgehead atoms. The third-order valence-corrected chi connectivity index (χ3v) is 9.51. The molecule has 9 N–H and O–H groups in total. The first-order valence-electron chi connectivity index (χ1n) is 9.51. The first-order chi connectivity index (χ1) is 12.4. The van der Waals surface area contributed by atoms with Gasteiger partial charge in [0.1, 0.15) is 0 Å². The van der Waals surface area contributed by atoms with Crippen LogP contribution in [-0.4, -0.2) is 71.6 Å². The van der Waals surface area contributed by atoms with E-state index >= 15 is 0 Å². The fourth-order valence-electron chi connectivity index (χ4n) is 2.27. The molecule has 0 atom stereocenters. The van der Waals surface area contributed by atoms with E-state index in [0.717, 1.165) is 0 Å². The molecule has 26 heavy (non-hydrogen) atoms. The Hall–Kier alpha value is 0.154.